The van der Waals surface area contributed by atoms with E-state index in [2.05, 4.69) is 50.5 Å². The van der Waals surface area contributed by atoms with Crippen LogP contribution < -0.4 is 15.4 Å². The van der Waals surface area contributed by atoms with Crippen LogP contribution >= 0.6 is 24.0 Å². The molecule has 2 saturated heterocycles. The molecule has 0 aromatic heterocycles. The average Bonchev–Trinajstić information content (AvgIpc) is 2.82. The maximum Gasteiger partial charge on any atom is 0.191 e. The Hall–Kier alpha value is -1.10. The quantitative estimate of drug-likeness (QED) is 0.261. The molecule has 1 aromatic carbocycles. The molecule has 0 amide bonds. The number of morpholine rings is 1. The highest BCUT2D eigenvalue weighted by Crippen LogP contribution is 2.18. The lowest BCUT2D eigenvalue weighted by Crippen LogP contribution is -2.45. The maximum atomic E-state index is 5.97. The minimum Gasteiger partial charge on any atom is -0.492 e. The second kappa shape index (κ2) is 15.7. The first-order valence-corrected chi connectivity index (χ1v) is 12.0. The van der Waals surface area contributed by atoms with Gasteiger partial charge in [-0.15, -0.1) is 24.0 Å². The lowest BCUT2D eigenvalue weighted by molar-refractivity contribution is 0.0322. The zero-order valence-electron chi connectivity index (χ0n) is 19.9. The molecule has 0 aliphatic carbocycles. The predicted molar refractivity (Wildman–Crippen MR) is 142 cm³/mol. The second-order valence-electron chi connectivity index (χ2n) is 8.40. The Kier molecular flexibility index (Phi) is 13.3. The average molecular weight is 560 g/mol. The SMILES string of the molecule is CCC1CCCCN1CCNC(=NC)NCc1cccc(OCCN2CCOCC2)c1.I. The van der Waals surface area contributed by atoms with Crippen LogP contribution in [0.25, 0.3) is 0 Å². The Morgan fingerprint density at radius 3 is 2.78 bits per heavy atom. The highest BCUT2D eigenvalue weighted by molar-refractivity contribution is 14.0. The van der Waals surface area contributed by atoms with Gasteiger partial charge in [-0.1, -0.05) is 25.5 Å². The zero-order valence-corrected chi connectivity index (χ0v) is 22.2. The molecule has 2 fully saturated rings. The number of ether oxygens (including phenoxy) is 2. The molecule has 3 rings (SSSR count). The largest absolute Gasteiger partial charge is 0.492 e. The highest BCUT2D eigenvalue weighted by Gasteiger charge is 2.20. The van der Waals surface area contributed by atoms with Gasteiger partial charge in [-0.2, -0.15) is 0 Å². The fraction of sp³-hybridized carbons (Fsp3) is 0.708. The van der Waals surface area contributed by atoms with E-state index >= 15 is 0 Å². The van der Waals surface area contributed by atoms with E-state index in [-0.39, 0.29) is 24.0 Å². The summed E-state index contributed by atoms with van der Waals surface area (Å²) in [5.41, 5.74) is 1.19. The Bertz CT molecular complexity index is 670. The van der Waals surface area contributed by atoms with E-state index in [1.54, 1.807) is 0 Å². The smallest absolute Gasteiger partial charge is 0.191 e. The number of guanidine groups is 1. The van der Waals surface area contributed by atoms with Gasteiger partial charge in [0.1, 0.15) is 12.4 Å². The van der Waals surface area contributed by atoms with Crippen molar-refractivity contribution in [2.45, 2.75) is 45.2 Å². The van der Waals surface area contributed by atoms with E-state index in [9.17, 15) is 0 Å². The normalized spacial score (nSPS) is 20.4. The molecule has 182 valence electrons. The number of aliphatic imine (C=N–C) groups is 1. The van der Waals surface area contributed by atoms with Gasteiger partial charge in [0.05, 0.1) is 13.2 Å². The molecule has 8 heteroatoms. The zero-order chi connectivity index (χ0) is 21.7. The van der Waals surface area contributed by atoms with Crippen molar-refractivity contribution in [3.63, 3.8) is 0 Å². The topological polar surface area (TPSA) is 61.4 Å². The molecule has 0 bridgehead atoms. The van der Waals surface area contributed by atoms with Crippen molar-refractivity contribution in [2.24, 2.45) is 4.99 Å². The number of hydrogen-bond acceptors (Lipinski definition) is 5. The molecule has 2 heterocycles. The van der Waals surface area contributed by atoms with Crippen LogP contribution in [0.1, 0.15) is 38.2 Å². The number of hydrogen-bond donors (Lipinski definition) is 2. The van der Waals surface area contributed by atoms with Crippen molar-refractivity contribution < 1.29 is 9.47 Å². The van der Waals surface area contributed by atoms with Gasteiger partial charge in [0.25, 0.3) is 0 Å². The number of benzene rings is 1. The minimum atomic E-state index is 0. The summed E-state index contributed by atoms with van der Waals surface area (Å²) in [5, 5.41) is 6.89. The summed E-state index contributed by atoms with van der Waals surface area (Å²) < 4.78 is 11.4. The third-order valence-corrected chi connectivity index (χ3v) is 6.27. The van der Waals surface area contributed by atoms with Crippen LogP contribution in [0.15, 0.2) is 29.3 Å². The van der Waals surface area contributed by atoms with Gasteiger partial charge in [0, 0.05) is 52.4 Å². The van der Waals surface area contributed by atoms with E-state index in [1.807, 2.05) is 13.1 Å². The van der Waals surface area contributed by atoms with Crippen molar-refractivity contribution in [3.8, 4) is 5.75 Å². The van der Waals surface area contributed by atoms with Crippen molar-refractivity contribution in [2.75, 3.05) is 66.1 Å². The van der Waals surface area contributed by atoms with Gasteiger partial charge in [0.2, 0.25) is 0 Å². The molecule has 1 unspecified atom stereocenters. The Labute approximate surface area is 211 Å². The van der Waals surface area contributed by atoms with E-state index in [0.717, 1.165) is 70.2 Å². The lowest BCUT2D eigenvalue weighted by atomic mass is 10.0. The summed E-state index contributed by atoms with van der Waals surface area (Å²) >= 11 is 0. The predicted octanol–water partition coefficient (Wildman–Crippen LogP) is 2.95. The fourth-order valence-electron chi connectivity index (χ4n) is 4.40. The molecular weight excluding hydrogens is 517 g/mol. The Morgan fingerprint density at radius 1 is 1.16 bits per heavy atom. The van der Waals surface area contributed by atoms with Crippen LogP contribution in [-0.4, -0.2) is 87.9 Å². The van der Waals surface area contributed by atoms with Crippen molar-refractivity contribution >= 4 is 29.9 Å². The molecule has 0 radical (unpaired) electrons. The summed E-state index contributed by atoms with van der Waals surface area (Å²) in [6.45, 7) is 11.5. The maximum absolute atomic E-state index is 5.97. The van der Waals surface area contributed by atoms with Gasteiger partial charge >= 0.3 is 0 Å². The van der Waals surface area contributed by atoms with Crippen LogP contribution in [0.3, 0.4) is 0 Å². The second-order valence-corrected chi connectivity index (χ2v) is 8.40. The first kappa shape index (κ1) is 27.1. The van der Waals surface area contributed by atoms with Crippen molar-refractivity contribution in [3.05, 3.63) is 29.8 Å². The van der Waals surface area contributed by atoms with Crippen molar-refractivity contribution in [1.29, 1.82) is 0 Å². The van der Waals surface area contributed by atoms with Gasteiger partial charge in [-0.3, -0.25) is 14.8 Å². The number of rotatable bonds is 10. The van der Waals surface area contributed by atoms with E-state index in [1.165, 1.54) is 37.8 Å². The standard InChI is InChI=1S/C24H41N5O2.HI/c1-3-22-8-4-5-11-29(22)12-10-26-24(25-2)27-20-21-7-6-9-23(19-21)31-18-15-28-13-16-30-17-14-28;/h6-7,9,19,22H,3-5,8,10-18,20H2,1-2H3,(H2,25,26,27);1H. The van der Waals surface area contributed by atoms with Crippen LogP contribution in [-0.2, 0) is 11.3 Å². The van der Waals surface area contributed by atoms with Gasteiger partial charge in [0.15, 0.2) is 5.96 Å². The van der Waals surface area contributed by atoms with Crippen LogP contribution in [0.4, 0.5) is 0 Å². The van der Waals surface area contributed by atoms with E-state index in [0.29, 0.717) is 6.61 Å². The summed E-state index contributed by atoms with van der Waals surface area (Å²) in [5.74, 6) is 1.77. The lowest BCUT2D eigenvalue weighted by Gasteiger charge is -2.35. The Balaban J connectivity index is 0.00000363. The molecule has 2 aliphatic rings. The number of likely N-dealkylation sites (tertiary alicyclic amines) is 1. The first-order valence-electron chi connectivity index (χ1n) is 12.0. The van der Waals surface area contributed by atoms with Gasteiger partial charge in [-0.05, 0) is 43.5 Å². The van der Waals surface area contributed by atoms with Crippen molar-refractivity contribution in [1.82, 2.24) is 20.4 Å². The van der Waals surface area contributed by atoms with Crippen LogP contribution in [0.5, 0.6) is 5.75 Å². The number of nitrogens with zero attached hydrogens (tertiary/aromatic N) is 3. The fourth-order valence-corrected chi connectivity index (χ4v) is 4.40. The number of piperidine rings is 1. The van der Waals surface area contributed by atoms with Crippen LogP contribution in [0, 0.1) is 0 Å². The monoisotopic (exact) mass is 559 g/mol. The summed E-state index contributed by atoms with van der Waals surface area (Å²) in [6, 6.07) is 9.06. The highest BCUT2D eigenvalue weighted by atomic mass is 127. The first-order chi connectivity index (χ1) is 15.3. The van der Waals surface area contributed by atoms with Crippen LogP contribution in [0.2, 0.25) is 0 Å². The molecule has 0 saturated carbocycles. The molecular formula is C24H42IN5O2. The third kappa shape index (κ3) is 9.41. The third-order valence-electron chi connectivity index (χ3n) is 6.27. The summed E-state index contributed by atoms with van der Waals surface area (Å²) in [4.78, 5) is 9.39. The summed E-state index contributed by atoms with van der Waals surface area (Å²) in [6.07, 6.45) is 5.29. The molecule has 32 heavy (non-hydrogen) atoms. The number of halogens is 1. The molecule has 2 aliphatic heterocycles. The molecule has 2 N–H and O–H groups in total. The Morgan fingerprint density at radius 2 is 2.00 bits per heavy atom. The minimum absolute atomic E-state index is 0. The molecule has 7 nitrogen and oxygen atoms in total. The number of nitrogens with one attached hydrogen (secondary N) is 2. The van der Waals surface area contributed by atoms with Gasteiger partial charge < -0.3 is 20.1 Å². The molecule has 1 atom stereocenters. The van der Waals surface area contributed by atoms with Gasteiger partial charge in [-0.25, -0.2) is 0 Å². The molecule has 0 spiro atoms. The van der Waals surface area contributed by atoms with E-state index < -0.39 is 0 Å². The van der Waals surface area contributed by atoms with E-state index in [4.69, 9.17) is 9.47 Å². The molecule has 1 aromatic rings. The summed E-state index contributed by atoms with van der Waals surface area (Å²) in [7, 11) is 1.83.